The molecule has 2 nitrogen and oxygen atoms in total. The standard InChI is InChI=1S/C11H18N2/c1-4-10(9(3)12)11-7-8(2)5-6-13-11/h5-7,9-10H,4,12H2,1-3H3. The average molecular weight is 178 g/mol. The molecule has 0 amide bonds. The van der Waals surface area contributed by atoms with Gasteiger partial charge in [-0.15, -0.1) is 0 Å². The van der Waals surface area contributed by atoms with Gasteiger partial charge in [0.1, 0.15) is 0 Å². The van der Waals surface area contributed by atoms with Crippen LogP contribution in [0.15, 0.2) is 18.3 Å². The average Bonchev–Trinajstić information content (AvgIpc) is 2.04. The number of aromatic nitrogens is 1. The maximum atomic E-state index is 5.89. The van der Waals surface area contributed by atoms with Crippen molar-refractivity contribution >= 4 is 0 Å². The van der Waals surface area contributed by atoms with Gasteiger partial charge in [0.05, 0.1) is 0 Å². The van der Waals surface area contributed by atoms with E-state index in [-0.39, 0.29) is 6.04 Å². The van der Waals surface area contributed by atoms with Crippen LogP contribution < -0.4 is 5.73 Å². The molecule has 13 heavy (non-hydrogen) atoms. The van der Waals surface area contributed by atoms with Crippen molar-refractivity contribution in [2.45, 2.75) is 39.2 Å². The number of nitrogens with zero attached hydrogens (tertiary/aromatic N) is 1. The van der Waals surface area contributed by atoms with E-state index in [4.69, 9.17) is 5.73 Å². The van der Waals surface area contributed by atoms with Crippen LogP contribution in [0, 0.1) is 6.92 Å². The van der Waals surface area contributed by atoms with Crippen molar-refractivity contribution in [1.29, 1.82) is 0 Å². The van der Waals surface area contributed by atoms with E-state index in [1.807, 2.05) is 19.2 Å². The Labute approximate surface area is 80.2 Å². The van der Waals surface area contributed by atoms with Crippen LogP contribution in [0.25, 0.3) is 0 Å². The van der Waals surface area contributed by atoms with Gasteiger partial charge in [-0.3, -0.25) is 4.98 Å². The van der Waals surface area contributed by atoms with E-state index in [2.05, 4.69) is 24.9 Å². The summed E-state index contributed by atoms with van der Waals surface area (Å²) in [6.45, 7) is 6.27. The zero-order valence-electron chi connectivity index (χ0n) is 8.62. The van der Waals surface area contributed by atoms with Crippen LogP contribution in [0.4, 0.5) is 0 Å². The lowest BCUT2D eigenvalue weighted by atomic mass is 9.94. The van der Waals surface area contributed by atoms with Gasteiger partial charge in [-0.25, -0.2) is 0 Å². The zero-order valence-corrected chi connectivity index (χ0v) is 8.62. The van der Waals surface area contributed by atoms with E-state index >= 15 is 0 Å². The SMILES string of the molecule is CCC(c1cc(C)ccn1)C(C)N. The molecule has 0 aromatic carbocycles. The molecule has 72 valence electrons. The number of aryl methyl sites for hydroxylation is 1. The summed E-state index contributed by atoms with van der Waals surface area (Å²) in [4.78, 5) is 4.35. The van der Waals surface area contributed by atoms with Crippen LogP contribution in [0.3, 0.4) is 0 Å². The molecule has 2 heteroatoms. The summed E-state index contributed by atoms with van der Waals surface area (Å²) in [6, 6.07) is 4.31. The van der Waals surface area contributed by atoms with Crippen molar-refractivity contribution in [2.75, 3.05) is 0 Å². The third kappa shape index (κ3) is 2.52. The molecule has 0 aliphatic carbocycles. The van der Waals surface area contributed by atoms with Crippen LogP contribution in [0.5, 0.6) is 0 Å². The molecule has 1 rings (SSSR count). The molecule has 1 aromatic rings. The lowest BCUT2D eigenvalue weighted by molar-refractivity contribution is 0.540. The normalized spacial score (nSPS) is 15.4. The van der Waals surface area contributed by atoms with Crippen LogP contribution in [0.2, 0.25) is 0 Å². The zero-order chi connectivity index (χ0) is 9.84. The van der Waals surface area contributed by atoms with E-state index in [0.717, 1.165) is 12.1 Å². The van der Waals surface area contributed by atoms with Crippen molar-refractivity contribution in [3.05, 3.63) is 29.6 Å². The number of hydrogen-bond acceptors (Lipinski definition) is 2. The molecule has 2 atom stereocenters. The van der Waals surface area contributed by atoms with Crippen LogP contribution in [-0.2, 0) is 0 Å². The second-order valence-electron chi connectivity index (χ2n) is 3.63. The van der Waals surface area contributed by atoms with Gasteiger partial charge in [0.25, 0.3) is 0 Å². The number of pyridine rings is 1. The topological polar surface area (TPSA) is 38.9 Å². The summed E-state index contributed by atoms with van der Waals surface area (Å²) in [7, 11) is 0. The van der Waals surface area contributed by atoms with Gasteiger partial charge in [0.2, 0.25) is 0 Å². The maximum absolute atomic E-state index is 5.89. The molecule has 2 N–H and O–H groups in total. The molecule has 0 saturated carbocycles. The van der Waals surface area contributed by atoms with E-state index in [1.54, 1.807) is 0 Å². The lowest BCUT2D eigenvalue weighted by Crippen LogP contribution is -2.25. The van der Waals surface area contributed by atoms with Gasteiger partial charge >= 0.3 is 0 Å². The Kier molecular flexibility index (Phi) is 3.43. The first-order valence-electron chi connectivity index (χ1n) is 4.83. The predicted octanol–water partition coefficient (Wildman–Crippen LogP) is 2.23. The Bertz CT molecular complexity index is 269. The van der Waals surface area contributed by atoms with Gasteiger partial charge in [0.15, 0.2) is 0 Å². The van der Waals surface area contributed by atoms with E-state index in [9.17, 15) is 0 Å². The Morgan fingerprint density at radius 2 is 2.23 bits per heavy atom. The van der Waals surface area contributed by atoms with Gasteiger partial charge in [0, 0.05) is 23.9 Å². The van der Waals surface area contributed by atoms with Gasteiger partial charge in [-0.1, -0.05) is 6.92 Å². The summed E-state index contributed by atoms with van der Waals surface area (Å²) in [5.74, 6) is 0.389. The van der Waals surface area contributed by atoms with Gasteiger partial charge < -0.3 is 5.73 Å². The maximum Gasteiger partial charge on any atom is 0.0452 e. The summed E-state index contributed by atoms with van der Waals surface area (Å²) < 4.78 is 0. The minimum atomic E-state index is 0.180. The summed E-state index contributed by atoms with van der Waals surface area (Å²) >= 11 is 0. The third-order valence-electron chi connectivity index (χ3n) is 2.39. The quantitative estimate of drug-likeness (QED) is 0.771. The summed E-state index contributed by atoms with van der Waals surface area (Å²) in [6.07, 6.45) is 2.91. The lowest BCUT2D eigenvalue weighted by Gasteiger charge is -2.18. The number of nitrogens with two attached hydrogens (primary N) is 1. The van der Waals surface area contributed by atoms with Crippen LogP contribution in [-0.4, -0.2) is 11.0 Å². The Morgan fingerprint density at radius 3 is 2.69 bits per heavy atom. The molecular formula is C11H18N2. The molecule has 1 aromatic heterocycles. The van der Waals surface area contributed by atoms with E-state index in [0.29, 0.717) is 5.92 Å². The van der Waals surface area contributed by atoms with Crippen molar-refractivity contribution < 1.29 is 0 Å². The minimum Gasteiger partial charge on any atom is -0.327 e. The third-order valence-corrected chi connectivity index (χ3v) is 2.39. The predicted molar refractivity (Wildman–Crippen MR) is 55.7 cm³/mol. The van der Waals surface area contributed by atoms with Gasteiger partial charge in [-0.05, 0) is 38.0 Å². The highest BCUT2D eigenvalue weighted by molar-refractivity contribution is 5.18. The van der Waals surface area contributed by atoms with Crippen molar-refractivity contribution in [3.8, 4) is 0 Å². The minimum absolute atomic E-state index is 0.180. The molecule has 0 saturated heterocycles. The molecule has 0 spiro atoms. The number of rotatable bonds is 3. The molecule has 1 heterocycles. The van der Waals surface area contributed by atoms with Gasteiger partial charge in [-0.2, -0.15) is 0 Å². The van der Waals surface area contributed by atoms with Crippen molar-refractivity contribution in [3.63, 3.8) is 0 Å². The Balaban J connectivity index is 2.91. The molecule has 2 unspecified atom stereocenters. The molecule has 0 aliphatic heterocycles. The smallest absolute Gasteiger partial charge is 0.0452 e. The summed E-state index contributed by atoms with van der Waals surface area (Å²) in [5, 5.41) is 0. The van der Waals surface area contributed by atoms with Crippen LogP contribution >= 0.6 is 0 Å². The highest BCUT2D eigenvalue weighted by Crippen LogP contribution is 2.20. The molecule has 0 bridgehead atoms. The second kappa shape index (κ2) is 4.38. The second-order valence-corrected chi connectivity index (χ2v) is 3.63. The highest BCUT2D eigenvalue weighted by Gasteiger charge is 2.14. The fourth-order valence-electron chi connectivity index (χ4n) is 1.61. The molecule has 0 aliphatic rings. The Morgan fingerprint density at radius 1 is 1.54 bits per heavy atom. The number of hydrogen-bond donors (Lipinski definition) is 1. The van der Waals surface area contributed by atoms with E-state index < -0.39 is 0 Å². The largest absolute Gasteiger partial charge is 0.327 e. The molecular weight excluding hydrogens is 160 g/mol. The molecule has 0 radical (unpaired) electrons. The first kappa shape index (κ1) is 10.2. The summed E-state index contributed by atoms with van der Waals surface area (Å²) in [5.41, 5.74) is 8.27. The Hall–Kier alpha value is -0.890. The highest BCUT2D eigenvalue weighted by atomic mass is 14.7. The fourth-order valence-corrected chi connectivity index (χ4v) is 1.61. The van der Waals surface area contributed by atoms with Crippen molar-refractivity contribution in [2.24, 2.45) is 5.73 Å². The fraction of sp³-hybridized carbons (Fsp3) is 0.545. The van der Waals surface area contributed by atoms with Crippen molar-refractivity contribution in [1.82, 2.24) is 4.98 Å². The first-order valence-corrected chi connectivity index (χ1v) is 4.83. The molecule has 0 fully saturated rings. The van der Waals surface area contributed by atoms with E-state index in [1.165, 1.54) is 5.56 Å². The monoisotopic (exact) mass is 178 g/mol. The first-order chi connectivity index (χ1) is 6.15. The van der Waals surface area contributed by atoms with Crippen LogP contribution in [0.1, 0.15) is 37.4 Å².